The Balaban J connectivity index is 1.83. The summed E-state index contributed by atoms with van der Waals surface area (Å²) in [5, 5.41) is 53.2. The summed E-state index contributed by atoms with van der Waals surface area (Å²) >= 11 is 0. The van der Waals surface area contributed by atoms with Crippen LogP contribution >= 0.6 is 0 Å². The maximum atomic E-state index is 11.5. The average Bonchev–Trinajstić information content (AvgIpc) is 3.23. The molecule has 178 valence electrons. The third kappa shape index (κ3) is 5.11. The Hall–Kier alpha value is -1.12. The molecule has 0 spiro atoms. The molecule has 2 saturated heterocycles. The van der Waals surface area contributed by atoms with E-state index in [1.165, 1.54) is 0 Å². The maximum Gasteiger partial charge on any atom is 0.249 e. The highest BCUT2D eigenvalue weighted by atomic mass is 16.8. The van der Waals surface area contributed by atoms with Crippen LogP contribution in [0.1, 0.15) is 19.1 Å². The fourth-order valence-corrected chi connectivity index (χ4v) is 4.25. The first-order chi connectivity index (χ1) is 14.7. The van der Waals surface area contributed by atoms with Gasteiger partial charge in [-0.15, -0.1) is 0 Å². The van der Waals surface area contributed by atoms with Gasteiger partial charge in [0.15, 0.2) is 0 Å². The van der Waals surface area contributed by atoms with Gasteiger partial charge in [-0.25, -0.2) is 0 Å². The topological polar surface area (TPSA) is 158 Å². The van der Waals surface area contributed by atoms with Crippen molar-refractivity contribution >= 4 is 0 Å². The summed E-state index contributed by atoms with van der Waals surface area (Å²) in [6, 6.07) is 2.20. The quantitative estimate of drug-likeness (QED) is 0.256. The van der Waals surface area contributed by atoms with Gasteiger partial charge in [0.25, 0.3) is 0 Å². The molecule has 31 heavy (non-hydrogen) atoms. The van der Waals surface area contributed by atoms with Gasteiger partial charge < -0.3 is 55.0 Å². The van der Waals surface area contributed by atoms with E-state index in [4.69, 9.17) is 18.6 Å². The lowest BCUT2D eigenvalue weighted by Crippen LogP contribution is -2.73. The summed E-state index contributed by atoms with van der Waals surface area (Å²) in [6.07, 6.45) is -2.33. The first-order valence-corrected chi connectivity index (χ1v) is 10.5. The lowest BCUT2D eigenvalue weighted by Gasteiger charge is -2.52. The first kappa shape index (κ1) is 24.5. The van der Waals surface area contributed by atoms with Crippen LogP contribution in [-0.4, -0.2) is 102 Å². The minimum absolute atomic E-state index is 0.0355. The van der Waals surface area contributed by atoms with Crippen LogP contribution < -0.4 is 16.0 Å². The molecule has 8 atom stereocenters. The van der Waals surface area contributed by atoms with Gasteiger partial charge in [-0.1, -0.05) is 0 Å². The van der Waals surface area contributed by atoms with E-state index in [2.05, 4.69) is 16.0 Å². The minimum atomic E-state index is -2.25. The monoisotopic (exact) mass is 445 g/mol. The van der Waals surface area contributed by atoms with Gasteiger partial charge >= 0.3 is 0 Å². The Bertz CT molecular complexity index is 679. The fraction of sp³-hybridized carbons (Fsp3) is 0.800. The Kier molecular flexibility index (Phi) is 8.08. The third-order valence-corrected chi connectivity index (χ3v) is 6.06. The van der Waals surface area contributed by atoms with E-state index in [0.717, 1.165) is 0 Å². The third-order valence-electron chi connectivity index (χ3n) is 6.06. The predicted molar refractivity (Wildman–Crippen MR) is 109 cm³/mol. The molecule has 7 N–H and O–H groups in total. The largest absolute Gasteiger partial charge is 0.468 e. The van der Waals surface area contributed by atoms with E-state index in [-0.39, 0.29) is 26.2 Å². The second-order valence-electron chi connectivity index (χ2n) is 8.31. The Morgan fingerprint density at radius 2 is 1.94 bits per heavy atom. The van der Waals surface area contributed by atoms with Crippen molar-refractivity contribution in [2.24, 2.45) is 0 Å². The number of fused-ring (bicyclic) bond motifs is 1. The molecule has 2 fully saturated rings. The zero-order valence-electron chi connectivity index (χ0n) is 18.2. The van der Waals surface area contributed by atoms with Gasteiger partial charge in [0.05, 0.1) is 56.4 Å². The summed E-state index contributed by atoms with van der Waals surface area (Å²) in [7, 11) is 3.26. The van der Waals surface area contributed by atoms with Gasteiger partial charge in [0.2, 0.25) is 12.1 Å². The molecule has 0 saturated carbocycles. The smallest absolute Gasteiger partial charge is 0.249 e. The van der Waals surface area contributed by atoms with Gasteiger partial charge in [-0.3, -0.25) is 0 Å². The van der Waals surface area contributed by atoms with Crippen molar-refractivity contribution in [1.82, 2.24) is 16.0 Å². The molecule has 11 heteroatoms. The summed E-state index contributed by atoms with van der Waals surface area (Å²) in [5.41, 5.74) is -1.78. The Labute approximate surface area is 181 Å². The Morgan fingerprint density at radius 3 is 2.58 bits per heavy atom. The van der Waals surface area contributed by atoms with Crippen LogP contribution in [0.15, 0.2) is 22.8 Å². The molecule has 0 aromatic carbocycles. The van der Waals surface area contributed by atoms with E-state index in [0.29, 0.717) is 12.3 Å². The highest BCUT2D eigenvalue weighted by Gasteiger charge is 2.62. The zero-order chi connectivity index (χ0) is 22.6. The fourth-order valence-electron chi connectivity index (χ4n) is 4.25. The highest BCUT2D eigenvalue weighted by molar-refractivity contribution is 5.05. The van der Waals surface area contributed by atoms with E-state index < -0.39 is 48.1 Å². The van der Waals surface area contributed by atoms with E-state index in [9.17, 15) is 20.4 Å². The standard InChI is InChI=1S/C20H35N3O8/c1-12-7-19(26,11-23-8-13-5-4-6-28-13)20(27)18(31-12)29-10-15(24)16(22-3)17(25)14(21-2)9-30-20/h4-6,12,14-18,21-27H,7-11H2,1-3H3. The van der Waals surface area contributed by atoms with E-state index in [1.54, 1.807) is 39.4 Å². The molecule has 2 aliphatic rings. The molecular formula is C20H35N3O8. The second-order valence-corrected chi connectivity index (χ2v) is 8.31. The molecule has 1 aromatic rings. The molecule has 0 radical (unpaired) electrons. The van der Waals surface area contributed by atoms with Crippen molar-refractivity contribution < 1.29 is 39.1 Å². The number of hydrogen-bond donors (Lipinski definition) is 7. The molecule has 0 aliphatic carbocycles. The van der Waals surface area contributed by atoms with Crippen molar-refractivity contribution in [2.75, 3.05) is 33.9 Å². The van der Waals surface area contributed by atoms with Crippen molar-refractivity contribution in [3.63, 3.8) is 0 Å². The van der Waals surface area contributed by atoms with Gasteiger partial charge in [-0.05, 0) is 33.2 Å². The molecule has 8 unspecified atom stereocenters. The van der Waals surface area contributed by atoms with Crippen molar-refractivity contribution in [3.05, 3.63) is 24.2 Å². The van der Waals surface area contributed by atoms with Gasteiger partial charge in [0, 0.05) is 13.0 Å². The number of aliphatic hydroxyl groups is 4. The van der Waals surface area contributed by atoms with Crippen LogP contribution in [0, 0.1) is 0 Å². The number of nitrogens with one attached hydrogen (secondary N) is 3. The maximum absolute atomic E-state index is 11.5. The molecule has 0 bridgehead atoms. The van der Waals surface area contributed by atoms with Crippen LogP contribution in [0.25, 0.3) is 0 Å². The normalized spacial score (nSPS) is 42.2. The minimum Gasteiger partial charge on any atom is -0.468 e. The first-order valence-electron chi connectivity index (χ1n) is 10.5. The molecule has 0 amide bonds. The molecule has 11 nitrogen and oxygen atoms in total. The summed E-state index contributed by atoms with van der Waals surface area (Å²) < 4.78 is 22.6. The number of aliphatic hydroxyl groups excluding tert-OH is 2. The van der Waals surface area contributed by atoms with Crippen LogP contribution in [0.2, 0.25) is 0 Å². The van der Waals surface area contributed by atoms with E-state index in [1.807, 2.05) is 0 Å². The van der Waals surface area contributed by atoms with Crippen molar-refractivity contribution in [3.8, 4) is 0 Å². The summed E-state index contributed by atoms with van der Waals surface area (Å²) in [4.78, 5) is 0. The highest BCUT2D eigenvalue weighted by Crippen LogP contribution is 2.40. The van der Waals surface area contributed by atoms with Gasteiger partial charge in [-0.2, -0.15) is 0 Å². The molecule has 3 heterocycles. The van der Waals surface area contributed by atoms with Crippen molar-refractivity contribution in [2.45, 2.75) is 68.0 Å². The summed E-state index contributed by atoms with van der Waals surface area (Å²) in [6.45, 7) is 1.64. The zero-order valence-corrected chi connectivity index (χ0v) is 18.2. The molecule has 1 aromatic heterocycles. The van der Waals surface area contributed by atoms with Crippen LogP contribution in [0.4, 0.5) is 0 Å². The number of ether oxygens (including phenoxy) is 3. The number of hydrogen-bond acceptors (Lipinski definition) is 11. The average molecular weight is 446 g/mol. The number of furan rings is 1. The predicted octanol–water partition coefficient (Wildman–Crippen LogP) is -2.13. The van der Waals surface area contributed by atoms with E-state index >= 15 is 0 Å². The lowest BCUT2D eigenvalue weighted by molar-refractivity contribution is -0.427. The van der Waals surface area contributed by atoms with Gasteiger partial charge in [0.1, 0.15) is 11.4 Å². The molecule has 2 aliphatic heterocycles. The number of likely N-dealkylation sites (N-methyl/N-ethyl adjacent to an activating group) is 2. The van der Waals surface area contributed by atoms with Crippen LogP contribution in [0.5, 0.6) is 0 Å². The van der Waals surface area contributed by atoms with Crippen LogP contribution in [-0.2, 0) is 20.8 Å². The summed E-state index contributed by atoms with van der Waals surface area (Å²) in [5.74, 6) is -1.58. The molecule has 3 rings (SSSR count). The number of rotatable bonds is 6. The Morgan fingerprint density at radius 1 is 1.16 bits per heavy atom. The molecular weight excluding hydrogens is 410 g/mol. The SMILES string of the molecule is CNC1COC2(O)C(OCC(O)C(NC)C1O)OC(C)CC2(O)CNCc1ccco1. The lowest BCUT2D eigenvalue weighted by atomic mass is 9.83. The van der Waals surface area contributed by atoms with Crippen molar-refractivity contribution in [1.29, 1.82) is 0 Å². The van der Waals surface area contributed by atoms with Crippen LogP contribution in [0.3, 0.4) is 0 Å². The second kappa shape index (κ2) is 10.2.